The number of hydrogen-bond donors (Lipinski definition) is 2. The van der Waals surface area contributed by atoms with Crippen molar-refractivity contribution in [3.63, 3.8) is 0 Å². The van der Waals surface area contributed by atoms with Gasteiger partial charge in [-0.25, -0.2) is 0 Å². The molecule has 1 aromatic carbocycles. The van der Waals surface area contributed by atoms with E-state index in [-0.39, 0.29) is 16.9 Å². The van der Waals surface area contributed by atoms with Crippen molar-refractivity contribution >= 4 is 17.1 Å². The third-order valence-electron chi connectivity index (χ3n) is 3.25. The van der Waals surface area contributed by atoms with E-state index in [9.17, 15) is 10.1 Å². The molecule has 0 bridgehead atoms. The van der Waals surface area contributed by atoms with Crippen molar-refractivity contribution in [2.45, 2.75) is 39.2 Å². The van der Waals surface area contributed by atoms with Crippen LogP contribution in [-0.2, 0) is 0 Å². The first-order valence-electron chi connectivity index (χ1n) is 5.74. The molecule has 94 valence electrons. The van der Waals surface area contributed by atoms with Crippen molar-refractivity contribution < 1.29 is 4.92 Å². The number of nitro benzene ring substituents is 1. The smallest absolute Gasteiger partial charge is 0.314 e. The van der Waals surface area contributed by atoms with Gasteiger partial charge >= 0.3 is 5.69 Å². The first-order valence-corrected chi connectivity index (χ1v) is 5.74. The van der Waals surface area contributed by atoms with Crippen LogP contribution in [-0.4, -0.2) is 10.5 Å². The third-order valence-corrected chi connectivity index (χ3v) is 3.25. The summed E-state index contributed by atoms with van der Waals surface area (Å²) < 4.78 is 0. The molecule has 0 atom stereocenters. The van der Waals surface area contributed by atoms with Gasteiger partial charge in [0.25, 0.3) is 0 Å². The van der Waals surface area contributed by atoms with Gasteiger partial charge in [-0.3, -0.25) is 10.1 Å². The van der Waals surface area contributed by atoms with Crippen LogP contribution >= 0.6 is 0 Å². The maximum Gasteiger partial charge on any atom is 0.314 e. The van der Waals surface area contributed by atoms with Gasteiger partial charge in [-0.05, 0) is 31.9 Å². The molecule has 1 rings (SSSR count). The maximum atomic E-state index is 11.0. The molecule has 0 aliphatic heterocycles. The summed E-state index contributed by atoms with van der Waals surface area (Å²) in [7, 11) is 0. The van der Waals surface area contributed by atoms with Gasteiger partial charge in [0.15, 0.2) is 0 Å². The Morgan fingerprint density at radius 3 is 2.47 bits per heavy atom. The minimum atomic E-state index is -0.441. The van der Waals surface area contributed by atoms with Crippen LogP contribution in [0, 0.1) is 10.1 Å². The van der Waals surface area contributed by atoms with Crippen LogP contribution < -0.4 is 11.1 Å². The van der Waals surface area contributed by atoms with Gasteiger partial charge in [0, 0.05) is 5.54 Å². The molecule has 0 unspecified atom stereocenters. The van der Waals surface area contributed by atoms with Gasteiger partial charge in [-0.15, -0.1) is 0 Å². The molecule has 17 heavy (non-hydrogen) atoms. The Morgan fingerprint density at radius 1 is 1.41 bits per heavy atom. The number of hydrogen-bond acceptors (Lipinski definition) is 4. The second-order valence-corrected chi connectivity index (χ2v) is 4.39. The minimum absolute atomic E-state index is 0.0411. The van der Waals surface area contributed by atoms with E-state index in [0.717, 1.165) is 12.8 Å². The highest BCUT2D eigenvalue weighted by molar-refractivity contribution is 5.74. The lowest BCUT2D eigenvalue weighted by Gasteiger charge is -2.29. The fourth-order valence-corrected chi connectivity index (χ4v) is 1.62. The van der Waals surface area contributed by atoms with Crippen molar-refractivity contribution in [3.05, 3.63) is 28.3 Å². The number of anilines is 2. The lowest BCUT2D eigenvalue weighted by atomic mass is 9.95. The zero-order valence-corrected chi connectivity index (χ0v) is 10.5. The molecule has 0 fully saturated rings. The number of benzene rings is 1. The molecule has 0 aliphatic rings. The highest BCUT2D eigenvalue weighted by Gasteiger charge is 2.25. The lowest BCUT2D eigenvalue weighted by Crippen LogP contribution is -2.33. The first kappa shape index (κ1) is 13.3. The zero-order chi connectivity index (χ0) is 13.1. The number of nitro groups is 1. The van der Waals surface area contributed by atoms with Crippen molar-refractivity contribution in [2.24, 2.45) is 0 Å². The predicted molar refractivity (Wildman–Crippen MR) is 70.1 cm³/mol. The molecule has 0 amide bonds. The summed E-state index contributed by atoms with van der Waals surface area (Å²) in [4.78, 5) is 10.5. The van der Waals surface area contributed by atoms with Crippen LogP contribution in [0.5, 0.6) is 0 Å². The molecule has 5 heteroatoms. The summed E-state index contributed by atoms with van der Waals surface area (Å²) in [6.07, 6.45) is 1.77. The molecule has 5 nitrogen and oxygen atoms in total. The Hall–Kier alpha value is -1.78. The lowest BCUT2D eigenvalue weighted by molar-refractivity contribution is -0.383. The molecule has 0 heterocycles. The Kier molecular flexibility index (Phi) is 3.93. The maximum absolute atomic E-state index is 11.0. The first-order chi connectivity index (χ1) is 7.93. The van der Waals surface area contributed by atoms with Crippen LogP contribution in [0.15, 0.2) is 18.2 Å². The van der Waals surface area contributed by atoms with Crippen molar-refractivity contribution in [1.29, 1.82) is 0 Å². The molecule has 0 radical (unpaired) electrons. The average molecular weight is 237 g/mol. The topological polar surface area (TPSA) is 81.2 Å². The van der Waals surface area contributed by atoms with Gasteiger partial charge in [0.05, 0.1) is 4.92 Å². The van der Waals surface area contributed by atoms with E-state index in [1.54, 1.807) is 18.2 Å². The number of nitrogens with one attached hydrogen (secondary N) is 1. The summed E-state index contributed by atoms with van der Waals surface area (Å²) >= 11 is 0. The van der Waals surface area contributed by atoms with Crippen LogP contribution in [0.4, 0.5) is 17.1 Å². The van der Waals surface area contributed by atoms with E-state index in [1.807, 2.05) is 6.92 Å². The van der Waals surface area contributed by atoms with Gasteiger partial charge in [0.2, 0.25) is 0 Å². The summed E-state index contributed by atoms with van der Waals surface area (Å²) in [6.45, 7) is 6.14. The van der Waals surface area contributed by atoms with E-state index in [4.69, 9.17) is 5.73 Å². The summed E-state index contributed by atoms with van der Waals surface area (Å²) in [6, 6.07) is 4.95. The van der Waals surface area contributed by atoms with E-state index in [2.05, 4.69) is 19.2 Å². The normalized spacial score (nSPS) is 11.2. The van der Waals surface area contributed by atoms with E-state index < -0.39 is 4.92 Å². The highest BCUT2D eigenvalue weighted by Crippen LogP contribution is 2.33. The largest absolute Gasteiger partial charge is 0.393 e. The SMILES string of the molecule is CCC(C)(CC)Nc1cccc(N)c1[N+](=O)[O-]. The van der Waals surface area contributed by atoms with Crippen LogP contribution in [0.1, 0.15) is 33.6 Å². The van der Waals surface area contributed by atoms with Gasteiger partial charge in [0.1, 0.15) is 11.4 Å². The second kappa shape index (κ2) is 5.03. The van der Waals surface area contributed by atoms with Crippen LogP contribution in [0.3, 0.4) is 0 Å². The van der Waals surface area contributed by atoms with Gasteiger partial charge in [-0.1, -0.05) is 19.9 Å². The number of nitrogens with zero attached hydrogens (tertiary/aromatic N) is 1. The Bertz CT molecular complexity index is 414. The molecular formula is C12H19N3O2. The van der Waals surface area contributed by atoms with Crippen LogP contribution in [0.2, 0.25) is 0 Å². The quantitative estimate of drug-likeness (QED) is 0.468. The monoisotopic (exact) mass is 237 g/mol. The fraction of sp³-hybridized carbons (Fsp3) is 0.500. The second-order valence-electron chi connectivity index (χ2n) is 4.39. The molecule has 3 N–H and O–H groups in total. The standard InChI is InChI=1S/C12H19N3O2/c1-4-12(3,5-2)14-10-8-6-7-9(13)11(10)15(16)17/h6-8,14H,4-5,13H2,1-3H3. The number of para-hydroxylation sites is 1. The van der Waals surface area contributed by atoms with E-state index in [0.29, 0.717) is 5.69 Å². The number of nitrogen functional groups attached to an aromatic ring is 1. The molecular weight excluding hydrogens is 218 g/mol. The third kappa shape index (κ3) is 2.87. The van der Waals surface area contributed by atoms with Gasteiger partial charge in [-0.2, -0.15) is 0 Å². The Morgan fingerprint density at radius 2 is 2.00 bits per heavy atom. The van der Waals surface area contributed by atoms with Gasteiger partial charge < -0.3 is 11.1 Å². The van der Waals surface area contributed by atoms with Crippen molar-refractivity contribution in [1.82, 2.24) is 0 Å². The summed E-state index contributed by atoms with van der Waals surface area (Å²) in [5.41, 5.74) is 6.12. The fourth-order valence-electron chi connectivity index (χ4n) is 1.62. The molecule has 1 aromatic rings. The zero-order valence-electron chi connectivity index (χ0n) is 10.5. The average Bonchev–Trinajstić information content (AvgIpc) is 2.28. The number of rotatable bonds is 5. The highest BCUT2D eigenvalue weighted by atomic mass is 16.6. The van der Waals surface area contributed by atoms with Crippen LogP contribution in [0.25, 0.3) is 0 Å². The Balaban J connectivity index is 3.15. The predicted octanol–water partition coefficient (Wildman–Crippen LogP) is 3.17. The summed E-state index contributed by atoms with van der Waals surface area (Å²) in [5, 5.41) is 14.2. The van der Waals surface area contributed by atoms with E-state index >= 15 is 0 Å². The Labute approximate surface area is 101 Å². The molecule has 0 saturated heterocycles. The van der Waals surface area contributed by atoms with Crippen molar-refractivity contribution in [2.75, 3.05) is 11.1 Å². The molecule has 0 saturated carbocycles. The molecule has 0 spiro atoms. The number of nitrogens with two attached hydrogens (primary N) is 1. The minimum Gasteiger partial charge on any atom is -0.393 e. The summed E-state index contributed by atoms with van der Waals surface area (Å²) in [5.74, 6) is 0. The van der Waals surface area contributed by atoms with Crippen molar-refractivity contribution in [3.8, 4) is 0 Å². The van der Waals surface area contributed by atoms with E-state index in [1.165, 1.54) is 0 Å². The molecule has 0 aromatic heterocycles. The molecule has 0 aliphatic carbocycles.